The second kappa shape index (κ2) is 6.75. The number of halogens is 1. The molecule has 0 bridgehead atoms. The number of carbonyl (C=O) groups is 1. The van der Waals surface area contributed by atoms with E-state index >= 15 is 0 Å². The summed E-state index contributed by atoms with van der Waals surface area (Å²) in [5, 5.41) is 10.7. The van der Waals surface area contributed by atoms with Crippen molar-refractivity contribution >= 4 is 21.8 Å². The summed E-state index contributed by atoms with van der Waals surface area (Å²) in [5.41, 5.74) is 2.56. The third kappa shape index (κ3) is 3.84. The van der Waals surface area contributed by atoms with Crippen LogP contribution in [0.15, 0.2) is 57.4 Å². The fourth-order valence-electron chi connectivity index (χ4n) is 2.08. The summed E-state index contributed by atoms with van der Waals surface area (Å²) in [6.07, 6.45) is 0. The number of carbonyl (C=O) groups excluding carboxylic acids is 1. The maximum absolute atomic E-state index is 12.0. The zero-order valence-electron chi connectivity index (χ0n) is 12.4. The van der Waals surface area contributed by atoms with E-state index in [2.05, 4.69) is 31.4 Å². The van der Waals surface area contributed by atoms with E-state index in [0.29, 0.717) is 17.3 Å². The Hall–Kier alpha value is -2.47. The van der Waals surface area contributed by atoms with Gasteiger partial charge in [-0.15, -0.1) is 10.2 Å². The van der Waals surface area contributed by atoms with Gasteiger partial charge in [-0.25, -0.2) is 0 Å². The molecule has 0 saturated carbocycles. The molecule has 1 amide bonds. The first-order valence-corrected chi connectivity index (χ1v) is 7.84. The lowest BCUT2D eigenvalue weighted by atomic mass is 10.1. The van der Waals surface area contributed by atoms with Gasteiger partial charge in [0.1, 0.15) is 0 Å². The van der Waals surface area contributed by atoms with Gasteiger partial charge < -0.3 is 9.73 Å². The molecule has 0 aliphatic carbocycles. The smallest absolute Gasteiger partial charge is 0.251 e. The molecule has 0 aliphatic heterocycles. The van der Waals surface area contributed by atoms with Gasteiger partial charge in [-0.2, -0.15) is 0 Å². The predicted octanol–water partition coefficient (Wildman–Crippen LogP) is 3.74. The molecule has 1 aromatic heterocycles. The van der Waals surface area contributed by atoms with Gasteiger partial charge in [0.25, 0.3) is 5.91 Å². The molecule has 3 rings (SSSR count). The minimum absolute atomic E-state index is 0.187. The highest BCUT2D eigenvalue weighted by Crippen LogP contribution is 2.18. The predicted molar refractivity (Wildman–Crippen MR) is 89.8 cm³/mol. The summed E-state index contributed by atoms with van der Waals surface area (Å²) in [5.74, 6) is 0.626. The van der Waals surface area contributed by atoms with Crippen LogP contribution >= 0.6 is 15.9 Å². The standard InChI is InChI=1S/C17H14BrN3O2/c1-11-3-2-4-13(9-11)17-21-20-15(23-17)10-19-16(22)12-5-7-14(18)8-6-12/h2-9H,10H2,1H3,(H,19,22). The van der Waals surface area contributed by atoms with Gasteiger partial charge in [-0.3, -0.25) is 4.79 Å². The molecule has 23 heavy (non-hydrogen) atoms. The normalized spacial score (nSPS) is 10.5. The highest BCUT2D eigenvalue weighted by atomic mass is 79.9. The molecule has 0 atom stereocenters. The van der Waals surface area contributed by atoms with Crippen LogP contribution in [0.25, 0.3) is 11.5 Å². The van der Waals surface area contributed by atoms with Crippen LogP contribution in [-0.2, 0) is 6.54 Å². The molecule has 0 spiro atoms. The van der Waals surface area contributed by atoms with Crippen molar-refractivity contribution in [3.8, 4) is 11.5 Å². The zero-order chi connectivity index (χ0) is 16.2. The summed E-state index contributed by atoms with van der Waals surface area (Å²) in [4.78, 5) is 12.0. The molecule has 0 fully saturated rings. The highest BCUT2D eigenvalue weighted by Gasteiger charge is 2.11. The molecule has 1 N–H and O–H groups in total. The Balaban J connectivity index is 1.65. The summed E-state index contributed by atoms with van der Waals surface area (Å²) in [6, 6.07) is 14.9. The van der Waals surface area contributed by atoms with E-state index in [1.807, 2.05) is 43.3 Å². The topological polar surface area (TPSA) is 68.0 Å². The number of aryl methyl sites for hydroxylation is 1. The van der Waals surface area contributed by atoms with Crippen LogP contribution in [0.5, 0.6) is 0 Å². The number of benzene rings is 2. The van der Waals surface area contributed by atoms with Crippen molar-refractivity contribution in [3.63, 3.8) is 0 Å². The average Bonchev–Trinajstić information content (AvgIpc) is 3.02. The van der Waals surface area contributed by atoms with Crippen LogP contribution in [0.3, 0.4) is 0 Å². The highest BCUT2D eigenvalue weighted by molar-refractivity contribution is 9.10. The van der Waals surface area contributed by atoms with Crippen molar-refractivity contribution in [2.45, 2.75) is 13.5 Å². The number of aromatic nitrogens is 2. The van der Waals surface area contributed by atoms with E-state index in [0.717, 1.165) is 15.6 Å². The molecule has 3 aromatic rings. The van der Waals surface area contributed by atoms with Crippen LogP contribution in [0.2, 0.25) is 0 Å². The summed E-state index contributed by atoms with van der Waals surface area (Å²) >= 11 is 3.34. The third-order valence-electron chi connectivity index (χ3n) is 3.24. The van der Waals surface area contributed by atoms with Crippen LogP contribution in [0.4, 0.5) is 0 Å². The minimum atomic E-state index is -0.187. The lowest BCUT2D eigenvalue weighted by Gasteiger charge is -2.02. The average molecular weight is 372 g/mol. The molecular formula is C17H14BrN3O2. The van der Waals surface area contributed by atoms with E-state index in [1.54, 1.807) is 12.1 Å². The summed E-state index contributed by atoms with van der Waals surface area (Å²) in [6.45, 7) is 2.19. The van der Waals surface area contributed by atoms with Gasteiger partial charge in [0.2, 0.25) is 11.8 Å². The maximum atomic E-state index is 12.0. The summed E-state index contributed by atoms with van der Waals surface area (Å²) in [7, 11) is 0. The molecule has 0 aliphatic rings. The first kappa shape index (κ1) is 15.4. The van der Waals surface area contributed by atoms with E-state index in [4.69, 9.17) is 4.42 Å². The Morgan fingerprint density at radius 1 is 1.17 bits per heavy atom. The fourth-order valence-corrected chi connectivity index (χ4v) is 2.34. The summed E-state index contributed by atoms with van der Waals surface area (Å²) < 4.78 is 6.51. The Labute approximate surface area is 141 Å². The van der Waals surface area contributed by atoms with Crippen molar-refractivity contribution in [3.05, 3.63) is 70.0 Å². The number of hydrogen-bond acceptors (Lipinski definition) is 4. The van der Waals surface area contributed by atoms with E-state index < -0.39 is 0 Å². The molecular weight excluding hydrogens is 358 g/mol. The number of amides is 1. The quantitative estimate of drug-likeness (QED) is 0.758. The second-order valence-electron chi connectivity index (χ2n) is 5.06. The maximum Gasteiger partial charge on any atom is 0.251 e. The Morgan fingerprint density at radius 2 is 1.96 bits per heavy atom. The van der Waals surface area contributed by atoms with Crippen molar-refractivity contribution in [1.82, 2.24) is 15.5 Å². The van der Waals surface area contributed by atoms with Crippen LogP contribution in [0, 0.1) is 6.92 Å². The molecule has 0 radical (unpaired) electrons. The van der Waals surface area contributed by atoms with E-state index in [1.165, 1.54) is 0 Å². The molecule has 2 aromatic carbocycles. The molecule has 0 unspecified atom stereocenters. The Morgan fingerprint density at radius 3 is 2.70 bits per heavy atom. The Bertz CT molecular complexity index is 828. The first-order valence-electron chi connectivity index (χ1n) is 7.05. The largest absolute Gasteiger partial charge is 0.419 e. The minimum Gasteiger partial charge on any atom is -0.419 e. The monoisotopic (exact) mass is 371 g/mol. The molecule has 116 valence electrons. The van der Waals surface area contributed by atoms with Crippen LogP contribution in [-0.4, -0.2) is 16.1 Å². The van der Waals surface area contributed by atoms with Crippen molar-refractivity contribution < 1.29 is 9.21 Å². The lowest BCUT2D eigenvalue weighted by molar-refractivity contribution is 0.0947. The van der Waals surface area contributed by atoms with Gasteiger partial charge in [-0.1, -0.05) is 33.6 Å². The van der Waals surface area contributed by atoms with Crippen LogP contribution in [0.1, 0.15) is 21.8 Å². The lowest BCUT2D eigenvalue weighted by Crippen LogP contribution is -2.22. The number of nitrogens with one attached hydrogen (secondary N) is 1. The van der Waals surface area contributed by atoms with Crippen molar-refractivity contribution in [1.29, 1.82) is 0 Å². The number of nitrogens with zero attached hydrogens (tertiary/aromatic N) is 2. The van der Waals surface area contributed by atoms with Gasteiger partial charge in [-0.05, 0) is 43.3 Å². The van der Waals surface area contributed by atoms with Crippen molar-refractivity contribution in [2.24, 2.45) is 0 Å². The molecule has 5 nitrogen and oxygen atoms in total. The second-order valence-corrected chi connectivity index (χ2v) is 5.98. The zero-order valence-corrected chi connectivity index (χ0v) is 14.0. The number of rotatable bonds is 4. The van der Waals surface area contributed by atoms with Crippen LogP contribution < -0.4 is 5.32 Å². The van der Waals surface area contributed by atoms with Gasteiger partial charge >= 0.3 is 0 Å². The van der Waals surface area contributed by atoms with Crippen molar-refractivity contribution in [2.75, 3.05) is 0 Å². The van der Waals surface area contributed by atoms with Gasteiger partial charge in [0.15, 0.2) is 0 Å². The fraction of sp³-hybridized carbons (Fsp3) is 0.118. The number of hydrogen-bond donors (Lipinski definition) is 1. The van der Waals surface area contributed by atoms with Gasteiger partial charge in [0.05, 0.1) is 6.54 Å². The molecule has 0 saturated heterocycles. The van der Waals surface area contributed by atoms with Gasteiger partial charge in [0, 0.05) is 15.6 Å². The third-order valence-corrected chi connectivity index (χ3v) is 3.77. The van der Waals surface area contributed by atoms with E-state index in [9.17, 15) is 4.79 Å². The molecule has 1 heterocycles. The Kier molecular flexibility index (Phi) is 4.52. The van der Waals surface area contributed by atoms with E-state index in [-0.39, 0.29) is 12.5 Å². The SMILES string of the molecule is Cc1cccc(-c2nnc(CNC(=O)c3ccc(Br)cc3)o2)c1. The molecule has 6 heteroatoms. The first-order chi connectivity index (χ1) is 11.1.